The van der Waals surface area contributed by atoms with Crippen LogP contribution in [0.1, 0.15) is 18.9 Å². The van der Waals surface area contributed by atoms with Gasteiger partial charge in [-0.05, 0) is 29.2 Å². The van der Waals surface area contributed by atoms with Crippen LogP contribution in [0.25, 0.3) is 11.1 Å². The Bertz CT molecular complexity index is 460. The molecule has 0 aliphatic carbocycles. The molecule has 0 aromatic heterocycles. The van der Waals surface area contributed by atoms with Gasteiger partial charge in [0.15, 0.2) is 0 Å². The smallest absolute Gasteiger partial charge is 0.127 e. The molecule has 0 bridgehead atoms. The Morgan fingerprint density at radius 2 is 1.69 bits per heavy atom. The van der Waals surface area contributed by atoms with E-state index in [1.807, 2.05) is 42.5 Å². The number of halogens is 1. The summed E-state index contributed by atoms with van der Waals surface area (Å²) in [6, 6.07) is 15.4. The van der Waals surface area contributed by atoms with Gasteiger partial charge in [-0.1, -0.05) is 55.8 Å². The number of hydrogen-bond acceptors (Lipinski definition) is 0. The van der Waals surface area contributed by atoms with E-state index >= 15 is 0 Å². The van der Waals surface area contributed by atoms with E-state index in [1.54, 1.807) is 6.07 Å². The average molecular weight is 214 g/mol. The molecule has 0 atom stereocenters. The van der Waals surface area contributed by atoms with Gasteiger partial charge in [0.2, 0.25) is 0 Å². The van der Waals surface area contributed by atoms with E-state index in [0.29, 0.717) is 0 Å². The third kappa shape index (κ3) is 2.30. The first-order valence-electron chi connectivity index (χ1n) is 5.65. The summed E-state index contributed by atoms with van der Waals surface area (Å²) >= 11 is 0. The molecule has 0 saturated heterocycles. The Morgan fingerprint density at radius 1 is 0.938 bits per heavy atom. The molecule has 2 rings (SSSR count). The molecule has 0 saturated carbocycles. The van der Waals surface area contributed by atoms with Crippen molar-refractivity contribution < 1.29 is 4.39 Å². The molecule has 1 heteroatoms. The van der Waals surface area contributed by atoms with Gasteiger partial charge in [-0.15, -0.1) is 0 Å². The Kier molecular flexibility index (Phi) is 3.35. The summed E-state index contributed by atoms with van der Waals surface area (Å²) in [5, 5.41) is 0. The Morgan fingerprint density at radius 3 is 2.31 bits per heavy atom. The van der Waals surface area contributed by atoms with Crippen molar-refractivity contribution in [3.05, 3.63) is 59.9 Å². The SMILES string of the molecule is CCCc1ccc(-c2ccccc2)cc1F. The standard InChI is InChI=1S/C15H15F/c1-2-6-13-9-10-14(11-15(13)16)12-7-4-3-5-8-12/h3-5,7-11H,2,6H2,1H3. The monoisotopic (exact) mass is 214 g/mol. The highest BCUT2D eigenvalue weighted by atomic mass is 19.1. The highest BCUT2D eigenvalue weighted by molar-refractivity contribution is 5.63. The predicted molar refractivity (Wildman–Crippen MR) is 65.8 cm³/mol. The highest BCUT2D eigenvalue weighted by Gasteiger charge is 2.03. The summed E-state index contributed by atoms with van der Waals surface area (Å²) in [6.45, 7) is 2.06. The molecule has 0 spiro atoms. The normalized spacial score (nSPS) is 10.4. The van der Waals surface area contributed by atoms with E-state index in [2.05, 4.69) is 6.92 Å². The van der Waals surface area contributed by atoms with Crippen LogP contribution < -0.4 is 0 Å². The van der Waals surface area contributed by atoms with Crippen molar-refractivity contribution >= 4 is 0 Å². The fourth-order valence-electron chi connectivity index (χ4n) is 1.83. The van der Waals surface area contributed by atoms with E-state index in [9.17, 15) is 4.39 Å². The van der Waals surface area contributed by atoms with E-state index < -0.39 is 0 Å². The quantitative estimate of drug-likeness (QED) is 0.708. The summed E-state index contributed by atoms with van der Waals surface area (Å²) in [5.41, 5.74) is 2.81. The minimum atomic E-state index is -0.0943. The lowest BCUT2D eigenvalue weighted by molar-refractivity contribution is 0.608. The maximum atomic E-state index is 13.7. The van der Waals surface area contributed by atoms with Crippen LogP contribution >= 0.6 is 0 Å². The van der Waals surface area contributed by atoms with Gasteiger partial charge in [-0.3, -0.25) is 0 Å². The molecule has 0 unspecified atom stereocenters. The number of hydrogen-bond donors (Lipinski definition) is 0. The Balaban J connectivity index is 2.35. The van der Waals surface area contributed by atoms with Crippen molar-refractivity contribution in [2.75, 3.05) is 0 Å². The molecular weight excluding hydrogens is 199 g/mol. The summed E-state index contributed by atoms with van der Waals surface area (Å²) in [4.78, 5) is 0. The summed E-state index contributed by atoms with van der Waals surface area (Å²) in [5.74, 6) is -0.0943. The molecule has 0 radical (unpaired) electrons. The largest absolute Gasteiger partial charge is 0.207 e. The summed E-state index contributed by atoms with van der Waals surface area (Å²) < 4.78 is 13.7. The van der Waals surface area contributed by atoms with E-state index in [1.165, 1.54) is 0 Å². The lowest BCUT2D eigenvalue weighted by Crippen LogP contribution is -1.90. The van der Waals surface area contributed by atoms with Crippen molar-refractivity contribution in [3.63, 3.8) is 0 Å². The van der Waals surface area contributed by atoms with Crippen LogP contribution in [0.3, 0.4) is 0 Å². The van der Waals surface area contributed by atoms with Crippen molar-refractivity contribution in [1.29, 1.82) is 0 Å². The maximum Gasteiger partial charge on any atom is 0.127 e. The van der Waals surface area contributed by atoms with Crippen LogP contribution in [-0.2, 0) is 6.42 Å². The number of rotatable bonds is 3. The average Bonchev–Trinajstić information content (AvgIpc) is 2.33. The third-order valence-corrected chi connectivity index (χ3v) is 2.68. The van der Waals surface area contributed by atoms with Gasteiger partial charge in [0.05, 0.1) is 0 Å². The lowest BCUT2D eigenvalue weighted by atomic mass is 10.0. The van der Waals surface area contributed by atoms with E-state index in [4.69, 9.17) is 0 Å². The molecule has 2 aromatic carbocycles. The molecule has 0 heterocycles. The predicted octanol–water partition coefficient (Wildman–Crippen LogP) is 4.45. The third-order valence-electron chi connectivity index (χ3n) is 2.68. The van der Waals surface area contributed by atoms with Gasteiger partial charge in [-0.25, -0.2) is 4.39 Å². The minimum Gasteiger partial charge on any atom is -0.207 e. The molecule has 0 N–H and O–H groups in total. The number of benzene rings is 2. The molecular formula is C15H15F. The minimum absolute atomic E-state index is 0.0943. The van der Waals surface area contributed by atoms with E-state index in [-0.39, 0.29) is 5.82 Å². The molecule has 0 aliphatic rings. The van der Waals surface area contributed by atoms with Crippen molar-refractivity contribution in [3.8, 4) is 11.1 Å². The van der Waals surface area contributed by atoms with Gasteiger partial charge in [-0.2, -0.15) is 0 Å². The van der Waals surface area contributed by atoms with Crippen LogP contribution in [0.15, 0.2) is 48.5 Å². The molecule has 0 amide bonds. The first-order chi connectivity index (χ1) is 7.81. The van der Waals surface area contributed by atoms with Crippen LogP contribution in [0.5, 0.6) is 0 Å². The lowest BCUT2D eigenvalue weighted by Gasteiger charge is -2.05. The molecule has 0 nitrogen and oxygen atoms in total. The second-order valence-electron chi connectivity index (χ2n) is 3.92. The Labute approximate surface area is 95.7 Å². The molecule has 0 fully saturated rings. The van der Waals surface area contributed by atoms with Gasteiger partial charge in [0.1, 0.15) is 5.82 Å². The Hall–Kier alpha value is -1.63. The molecule has 0 aliphatic heterocycles. The van der Waals surface area contributed by atoms with Crippen LogP contribution in [0.4, 0.5) is 4.39 Å². The van der Waals surface area contributed by atoms with Crippen molar-refractivity contribution in [2.24, 2.45) is 0 Å². The zero-order chi connectivity index (χ0) is 11.4. The highest BCUT2D eigenvalue weighted by Crippen LogP contribution is 2.22. The molecule has 2 aromatic rings. The van der Waals surface area contributed by atoms with Gasteiger partial charge in [0, 0.05) is 0 Å². The van der Waals surface area contributed by atoms with Gasteiger partial charge < -0.3 is 0 Å². The zero-order valence-electron chi connectivity index (χ0n) is 9.41. The summed E-state index contributed by atoms with van der Waals surface area (Å²) in [6.07, 6.45) is 1.78. The van der Waals surface area contributed by atoms with Gasteiger partial charge >= 0.3 is 0 Å². The zero-order valence-corrected chi connectivity index (χ0v) is 9.41. The van der Waals surface area contributed by atoms with E-state index in [0.717, 1.165) is 29.5 Å². The fourth-order valence-corrected chi connectivity index (χ4v) is 1.83. The first-order valence-corrected chi connectivity index (χ1v) is 5.65. The number of aryl methyl sites for hydroxylation is 1. The molecule has 16 heavy (non-hydrogen) atoms. The van der Waals surface area contributed by atoms with Crippen molar-refractivity contribution in [1.82, 2.24) is 0 Å². The molecule has 82 valence electrons. The maximum absolute atomic E-state index is 13.7. The summed E-state index contributed by atoms with van der Waals surface area (Å²) in [7, 11) is 0. The van der Waals surface area contributed by atoms with Crippen molar-refractivity contribution in [2.45, 2.75) is 19.8 Å². The fraction of sp³-hybridized carbons (Fsp3) is 0.200. The topological polar surface area (TPSA) is 0 Å². The second kappa shape index (κ2) is 4.93. The van der Waals surface area contributed by atoms with Crippen LogP contribution in [0, 0.1) is 5.82 Å². The second-order valence-corrected chi connectivity index (χ2v) is 3.92. The van der Waals surface area contributed by atoms with Crippen LogP contribution in [-0.4, -0.2) is 0 Å². The first kappa shape index (κ1) is 10.9. The van der Waals surface area contributed by atoms with Gasteiger partial charge in [0.25, 0.3) is 0 Å². The van der Waals surface area contributed by atoms with Crippen LogP contribution in [0.2, 0.25) is 0 Å².